The summed E-state index contributed by atoms with van der Waals surface area (Å²) < 4.78 is 7.46. The van der Waals surface area contributed by atoms with Crippen molar-refractivity contribution in [2.24, 2.45) is 0 Å². The molecule has 2 heterocycles. The summed E-state index contributed by atoms with van der Waals surface area (Å²) in [6.07, 6.45) is 5.63. The van der Waals surface area contributed by atoms with E-state index in [0.29, 0.717) is 6.04 Å². The summed E-state index contributed by atoms with van der Waals surface area (Å²) in [5.74, 6) is 0.941. The maximum atomic E-state index is 5.58. The Morgan fingerprint density at radius 2 is 2.00 bits per heavy atom. The third-order valence-corrected chi connectivity index (χ3v) is 3.33. The first kappa shape index (κ1) is 13.6. The summed E-state index contributed by atoms with van der Waals surface area (Å²) in [7, 11) is 0. The molecule has 0 aliphatic heterocycles. The second kappa shape index (κ2) is 5.97. The molecule has 0 saturated carbocycles. The van der Waals surface area contributed by atoms with Crippen LogP contribution < -0.4 is 5.32 Å². The number of nitrogens with zero attached hydrogens (tertiary/aromatic N) is 2. The Hall–Kier alpha value is -2.33. The van der Waals surface area contributed by atoms with E-state index in [0.717, 1.165) is 29.1 Å². The van der Waals surface area contributed by atoms with Gasteiger partial charge in [0.15, 0.2) is 0 Å². The molecule has 108 valence electrons. The first-order valence-electron chi connectivity index (χ1n) is 7.14. The third kappa shape index (κ3) is 3.06. The molecule has 0 unspecified atom stereocenters. The van der Waals surface area contributed by atoms with Crippen molar-refractivity contribution >= 4 is 0 Å². The van der Waals surface area contributed by atoms with Crippen LogP contribution in [0.1, 0.15) is 19.6 Å². The lowest BCUT2D eigenvalue weighted by molar-refractivity contribution is 0.466. The first-order chi connectivity index (χ1) is 10.2. The monoisotopic (exact) mass is 281 g/mol. The largest absolute Gasteiger partial charge is 0.467 e. The number of furan rings is 1. The summed E-state index contributed by atoms with van der Waals surface area (Å²) in [6, 6.07) is 12.5. The SMILES string of the molecule is CC(C)NCc1occc1-c1cnn(-c2ccccc2)c1. The number of para-hydroxylation sites is 1. The number of benzene rings is 1. The van der Waals surface area contributed by atoms with Gasteiger partial charge in [-0.2, -0.15) is 5.10 Å². The average Bonchev–Trinajstić information content (AvgIpc) is 3.14. The fraction of sp³-hybridized carbons (Fsp3) is 0.235. The molecule has 0 spiro atoms. The Balaban J connectivity index is 1.85. The molecule has 4 nitrogen and oxygen atoms in total. The molecule has 0 atom stereocenters. The Labute approximate surface area is 124 Å². The third-order valence-electron chi connectivity index (χ3n) is 3.33. The number of nitrogens with one attached hydrogen (secondary N) is 1. The minimum atomic E-state index is 0.426. The molecule has 0 amide bonds. The minimum absolute atomic E-state index is 0.426. The molecule has 3 rings (SSSR count). The van der Waals surface area contributed by atoms with E-state index in [2.05, 4.69) is 24.3 Å². The molecule has 0 fully saturated rings. The van der Waals surface area contributed by atoms with Crippen molar-refractivity contribution in [1.82, 2.24) is 15.1 Å². The van der Waals surface area contributed by atoms with E-state index < -0.39 is 0 Å². The summed E-state index contributed by atoms with van der Waals surface area (Å²) >= 11 is 0. The van der Waals surface area contributed by atoms with Gasteiger partial charge in [-0.05, 0) is 18.2 Å². The molecular formula is C17H19N3O. The van der Waals surface area contributed by atoms with Gasteiger partial charge in [0.25, 0.3) is 0 Å². The number of rotatable bonds is 5. The summed E-state index contributed by atoms with van der Waals surface area (Å²) in [6.45, 7) is 4.96. The lowest BCUT2D eigenvalue weighted by Crippen LogP contribution is -2.21. The van der Waals surface area contributed by atoms with Gasteiger partial charge in [-0.3, -0.25) is 0 Å². The highest BCUT2D eigenvalue weighted by molar-refractivity contribution is 5.64. The van der Waals surface area contributed by atoms with Gasteiger partial charge in [0.1, 0.15) is 5.76 Å². The van der Waals surface area contributed by atoms with E-state index in [-0.39, 0.29) is 0 Å². The van der Waals surface area contributed by atoms with Gasteiger partial charge in [0.05, 0.1) is 24.7 Å². The number of hydrogen-bond donors (Lipinski definition) is 1. The zero-order valence-electron chi connectivity index (χ0n) is 12.3. The van der Waals surface area contributed by atoms with Crippen LogP contribution in [-0.4, -0.2) is 15.8 Å². The molecule has 1 N–H and O–H groups in total. The van der Waals surface area contributed by atoms with Crippen LogP contribution in [0.4, 0.5) is 0 Å². The van der Waals surface area contributed by atoms with E-state index in [1.807, 2.05) is 53.5 Å². The Kier molecular flexibility index (Phi) is 3.88. The number of aromatic nitrogens is 2. The van der Waals surface area contributed by atoms with Crippen molar-refractivity contribution in [3.8, 4) is 16.8 Å². The van der Waals surface area contributed by atoms with Crippen LogP contribution in [0.3, 0.4) is 0 Å². The van der Waals surface area contributed by atoms with Crippen molar-refractivity contribution in [3.63, 3.8) is 0 Å². The molecular weight excluding hydrogens is 262 g/mol. The second-order valence-corrected chi connectivity index (χ2v) is 5.30. The summed E-state index contributed by atoms with van der Waals surface area (Å²) in [5.41, 5.74) is 3.20. The molecule has 0 radical (unpaired) electrons. The van der Waals surface area contributed by atoms with Crippen LogP contribution in [0.25, 0.3) is 16.8 Å². The van der Waals surface area contributed by atoms with Gasteiger partial charge in [-0.25, -0.2) is 4.68 Å². The molecule has 0 aliphatic rings. The fourth-order valence-electron chi connectivity index (χ4n) is 2.22. The average molecular weight is 281 g/mol. The zero-order chi connectivity index (χ0) is 14.7. The lowest BCUT2D eigenvalue weighted by atomic mass is 10.1. The summed E-state index contributed by atoms with van der Waals surface area (Å²) in [4.78, 5) is 0. The Morgan fingerprint density at radius 1 is 1.19 bits per heavy atom. The quantitative estimate of drug-likeness (QED) is 0.776. The molecule has 2 aromatic heterocycles. The molecule has 4 heteroatoms. The van der Waals surface area contributed by atoms with E-state index in [9.17, 15) is 0 Å². The predicted molar refractivity (Wildman–Crippen MR) is 83.2 cm³/mol. The van der Waals surface area contributed by atoms with E-state index in [4.69, 9.17) is 4.42 Å². The maximum absolute atomic E-state index is 5.58. The van der Waals surface area contributed by atoms with Crippen LogP contribution >= 0.6 is 0 Å². The van der Waals surface area contributed by atoms with E-state index in [1.54, 1.807) is 6.26 Å². The zero-order valence-corrected chi connectivity index (χ0v) is 12.3. The van der Waals surface area contributed by atoms with Gasteiger partial charge in [-0.1, -0.05) is 32.0 Å². The Morgan fingerprint density at radius 3 is 2.76 bits per heavy atom. The van der Waals surface area contributed by atoms with Crippen LogP contribution in [0.5, 0.6) is 0 Å². The smallest absolute Gasteiger partial charge is 0.125 e. The maximum Gasteiger partial charge on any atom is 0.125 e. The van der Waals surface area contributed by atoms with Crippen LogP contribution in [-0.2, 0) is 6.54 Å². The van der Waals surface area contributed by atoms with Crippen LogP contribution in [0.15, 0.2) is 59.5 Å². The Bertz CT molecular complexity index is 698. The normalized spacial score (nSPS) is 11.2. The van der Waals surface area contributed by atoms with E-state index >= 15 is 0 Å². The highest BCUT2D eigenvalue weighted by Gasteiger charge is 2.11. The molecule has 3 aromatic rings. The standard InChI is InChI=1S/C17H19N3O/c1-13(2)18-11-17-16(8-9-21-17)14-10-19-20(12-14)15-6-4-3-5-7-15/h3-10,12-13,18H,11H2,1-2H3. The van der Waals surface area contributed by atoms with Crippen molar-refractivity contribution in [3.05, 3.63) is 60.8 Å². The first-order valence-corrected chi connectivity index (χ1v) is 7.14. The van der Waals surface area contributed by atoms with Crippen LogP contribution in [0.2, 0.25) is 0 Å². The molecule has 1 aromatic carbocycles. The predicted octanol–water partition coefficient (Wildman–Crippen LogP) is 3.63. The van der Waals surface area contributed by atoms with Gasteiger partial charge < -0.3 is 9.73 Å². The van der Waals surface area contributed by atoms with Gasteiger partial charge in [0, 0.05) is 23.4 Å². The molecule has 0 saturated heterocycles. The van der Waals surface area contributed by atoms with Crippen molar-refractivity contribution in [1.29, 1.82) is 0 Å². The van der Waals surface area contributed by atoms with Crippen molar-refractivity contribution in [2.75, 3.05) is 0 Å². The van der Waals surface area contributed by atoms with Crippen LogP contribution in [0, 0.1) is 0 Å². The van der Waals surface area contributed by atoms with E-state index in [1.165, 1.54) is 0 Å². The van der Waals surface area contributed by atoms with Gasteiger partial charge >= 0.3 is 0 Å². The molecule has 0 bridgehead atoms. The fourth-order valence-corrected chi connectivity index (χ4v) is 2.22. The van der Waals surface area contributed by atoms with Gasteiger partial charge in [0.2, 0.25) is 0 Å². The minimum Gasteiger partial charge on any atom is -0.467 e. The molecule has 0 aliphatic carbocycles. The summed E-state index contributed by atoms with van der Waals surface area (Å²) in [5, 5.41) is 7.81. The number of hydrogen-bond acceptors (Lipinski definition) is 3. The van der Waals surface area contributed by atoms with Gasteiger partial charge in [-0.15, -0.1) is 0 Å². The second-order valence-electron chi connectivity index (χ2n) is 5.30. The highest BCUT2D eigenvalue weighted by Crippen LogP contribution is 2.25. The lowest BCUT2D eigenvalue weighted by Gasteiger charge is -2.06. The topological polar surface area (TPSA) is 43.0 Å². The highest BCUT2D eigenvalue weighted by atomic mass is 16.3. The van der Waals surface area contributed by atoms with Crippen molar-refractivity contribution in [2.45, 2.75) is 26.4 Å². The molecule has 21 heavy (non-hydrogen) atoms. The van der Waals surface area contributed by atoms with Crippen molar-refractivity contribution < 1.29 is 4.42 Å².